The lowest BCUT2D eigenvalue weighted by atomic mass is 9.95. The zero-order valence-electron chi connectivity index (χ0n) is 11.2. The van der Waals surface area contributed by atoms with Crippen molar-refractivity contribution in [2.75, 3.05) is 6.61 Å². The summed E-state index contributed by atoms with van der Waals surface area (Å²) in [5, 5.41) is 9.13. The van der Waals surface area contributed by atoms with Gasteiger partial charge < -0.3 is 5.11 Å². The number of thiophene rings is 1. The molecule has 0 fully saturated rings. The van der Waals surface area contributed by atoms with Crippen LogP contribution in [-0.2, 0) is 11.8 Å². The number of hydrogen-bond donors (Lipinski definition) is 1. The molecular formula is C16H20OS. The van der Waals surface area contributed by atoms with Gasteiger partial charge in [-0.2, -0.15) is 0 Å². The van der Waals surface area contributed by atoms with Crippen molar-refractivity contribution in [1.29, 1.82) is 0 Å². The fourth-order valence-electron chi connectivity index (χ4n) is 1.98. The Kier molecular flexibility index (Phi) is 3.88. The van der Waals surface area contributed by atoms with Gasteiger partial charge in [-0.1, -0.05) is 45.0 Å². The zero-order chi connectivity index (χ0) is 13.2. The van der Waals surface area contributed by atoms with Crippen LogP contribution < -0.4 is 0 Å². The van der Waals surface area contributed by atoms with Gasteiger partial charge >= 0.3 is 0 Å². The highest BCUT2D eigenvalue weighted by molar-refractivity contribution is 7.15. The maximum atomic E-state index is 9.13. The van der Waals surface area contributed by atoms with Crippen LogP contribution in [0.3, 0.4) is 0 Å². The third kappa shape index (κ3) is 2.82. The quantitative estimate of drug-likeness (QED) is 0.875. The van der Waals surface area contributed by atoms with Crippen LogP contribution in [0.2, 0.25) is 0 Å². The zero-order valence-corrected chi connectivity index (χ0v) is 12.1. The predicted octanol–water partition coefficient (Wildman–Crippen LogP) is 4.25. The van der Waals surface area contributed by atoms with Gasteiger partial charge in [0.25, 0.3) is 0 Å². The summed E-state index contributed by atoms with van der Waals surface area (Å²) in [7, 11) is 0. The Hall–Kier alpha value is -1.12. The SMILES string of the molecule is CC(C)(C)c1ccc(-c2ccccc2CCO)s1. The maximum Gasteiger partial charge on any atom is 0.0471 e. The van der Waals surface area contributed by atoms with Crippen molar-refractivity contribution in [2.24, 2.45) is 0 Å². The van der Waals surface area contributed by atoms with Gasteiger partial charge in [-0.3, -0.25) is 0 Å². The molecule has 96 valence electrons. The predicted molar refractivity (Wildman–Crippen MR) is 79.2 cm³/mol. The van der Waals surface area contributed by atoms with Crippen molar-refractivity contribution < 1.29 is 5.11 Å². The van der Waals surface area contributed by atoms with Gasteiger partial charge in [0.1, 0.15) is 0 Å². The molecule has 18 heavy (non-hydrogen) atoms. The third-order valence-electron chi connectivity index (χ3n) is 3.01. The van der Waals surface area contributed by atoms with E-state index in [4.69, 9.17) is 5.11 Å². The van der Waals surface area contributed by atoms with E-state index >= 15 is 0 Å². The van der Waals surface area contributed by atoms with E-state index in [1.165, 1.54) is 20.9 Å². The Morgan fingerprint density at radius 2 is 1.78 bits per heavy atom. The van der Waals surface area contributed by atoms with Crippen molar-refractivity contribution in [3.8, 4) is 10.4 Å². The fourth-order valence-corrected chi connectivity index (χ4v) is 3.11. The van der Waals surface area contributed by atoms with Gasteiger partial charge in [0, 0.05) is 16.4 Å². The molecule has 1 N–H and O–H groups in total. The molecule has 2 rings (SSSR count). The molecule has 1 nitrogen and oxygen atoms in total. The minimum Gasteiger partial charge on any atom is -0.396 e. The van der Waals surface area contributed by atoms with Gasteiger partial charge in [-0.15, -0.1) is 11.3 Å². The summed E-state index contributed by atoms with van der Waals surface area (Å²) < 4.78 is 0. The van der Waals surface area contributed by atoms with Crippen LogP contribution in [0.15, 0.2) is 36.4 Å². The summed E-state index contributed by atoms with van der Waals surface area (Å²) >= 11 is 1.85. The first-order valence-corrected chi connectivity index (χ1v) is 7.13. The average molecular weight is 260 g/mol. The molecule has 0 amide bonds. The topological polar surface area (TPSA) is 20.2 Å². The number of rotatable bonds is 3. The molecule has 1 aromatic carbocycles. The molecule has 0 atom stereocenters. The van der Waals surface area contributed by atoms with Gasteiger partial charge in [0.15, 0.2) is 0 Å². The van der Waals surface area contributed by atoms with E-state index in [9.17, 15) is 0 Å². The summed E-state index contributed by atoms with van der Waals surface area (Å²) in [6, 6.07) is 12.8. The second kappa shape index (κ2) is 5.25. The molecule has 0 saturated heterocycles. The number of benzene rings is 1. The first kappa shape index (κ1) is 13.3. The van der Waals surface area contributed by atoms with E-state index in [1.807, 2.05) is 17.4 Å². The van der Waals surface area contributed by atoms with E-state index in [1.54, 1.807) is 0 Å². The van der Waals surface area contributed by atoms with Gasteiger partial charge in [-0.05, 0) is 35.1 Å². The van der Waals surface area contributed by atoms with Gasteiger partial charge in [-0.25, -0.2) is 0 Å². The van der Waals surface area contributed by atoms with Crippen LogP contribution in [0, 0.1) is 0 Å². The molecule has 0 spiro atoms. The van der Waals surface area contributed by atoms with Crippen LogP contribution in [0.25, 0.3) is 10.4 Å². The molecule has 1 aromatic heterocycles. The lowest BCUT2D eigenvalue weighted by Gasteiger charge is -2.15. The minimum atomic E-state index is 0.203. The number of hydrogen-bond acceptors (Lipinski definition) is 2. The first-order valence-electron chi connectivity index (χ1n) is 6.32. The van der Waals surface area contributed by atoms with Crippen LogP contribution in [-0.4, -0.2) is 11.7 Å². The Balaban J connectivity index is 2.40. The van der Waals surface area contributed by atoms with Crippen LogP contribution in [0.5, 0.6) is 0 Å². The standard InChI is InChI=1S/C16H20OS/c1-16(2,3)15-9-8-14(18-15)13-7-5-4-6-12(13)10-11-17/h4-9,17H,10-11H2,1-3H3. The second-order valence-corrected chi connectivity index (χ2v) is 6.63. The summed E-state index contributed by atoms with van der Waals surface area (Å²) in [6.07, 6.45) is 0.721. The third-order valence-corrected chi connectivity index (χ3v) is 4.55. The lowest BCUT2D eigenvalue weighted by Crippen LogP contribution is -2.07. The number of aliphatic hydroxyl groups excluding tert-OH is 1. The molecule has 1 heterocycles. The Bertz CT molecular complexity index is 520. The molecule has 2 heteroatoms. The molecule has 0 bridgehead atoms. The van der Waals surface area contributed by atoms with E-state index in [0.29, 0.717) is 0 Å². The number of aliphatic hydroxyl groups is 1. The van der Waals surface area contributed by atoms with E-state index in [2.05, 4.69) is 51.1 Å². The smallest absolute Gasteiger partial charge is 0.0471 e. The molecule has 0 unspecified atom stereocenters. The monoisotopic (exact) mass is 260 g/mol. The summed E-state index contributed by atoms with van der Waals surface area (Å²) in [6.45, 7) is 6.92. The molecule has 0 aliphatic rings. The molecule has 2 aromatic rings. The van der Waals surface area contributed by atoms with Crippen molar-refractivity contribution in [2.45, 2.75) is 32.6 Å². The Labute approximate surface area is 113 Å². The molecule has 0 aliphatic heterocycles. The van der Waals surface area contributed by atoms with Crippen LogP contribution in [0.1, 0.15) is 31.2 Å². The van der Waals surface area contributed by atoms with Crippen molar-refractivity contribution in [3.05, 3.63) is 46.8 Å². The van der Waals surface area contributed by atoms with E-state index in [-0.39, 0.29) is 12.0 Å². The van der Waals surface area contributed by atoms with Crippen molar-refractivity contribution in [3.63, 3.8) is 0 Å². The summed E-state index contributed by atoms with van der Waals surface area (Å²) in [4.78, 5) is 2.69. The molecule has 0 aliphatic carbocycles. The van der Waals surface area contributed by atoms with Crippen LogP contribution >= 0.6 is 11.3 Å². The van der Waals surface area contributed by atoms with E-state index in [0.717, 1.165) is 6.42 Å². The highest BCUT2D eigenvalue weighted by Crippen LogP contribution is 2.36. The minimum absolute atomic E-state index is 0.203. The summed E-state index contributed by atoms with van der Waals surface area (Å²) in [5.41, 5.74) is 2.68. The summed E-state index contributed by atoms with van der Waals surface area (Å²) in [5.74, 6) is 0. The van der Waals surface area contributed by atoms with Crippen molar-refractivity contribution >= 4 is 11.3 Å². The normalized spacial score (nSPS) is 11.8. The van der Waals surface area contributed by atoms with E-state index < -0.39 is 0 Å². The first-order chi connectivity index (χ1) is 8.52. The largest absolute Gasteiger partial charge is 0.396 e. The average Bonchev–Trinajstić information content (AvgIpc) is 2.79. The second-order valence-electron chi connectivity index (χ2n) is 5.54. The fraction of sp³-hybridized carbons (Fsp3) is 0.375. The molecular weight excluding hydrogens is 240 g/mol. The Morgan fingerprint density at radius 3 is 2.39 bits per heavy atom. The lowest BCUT2D eigenvalue weighted by molar-refractivity contribution is 0.300. The molecule has 0 saturated carbocycles. The maximum absolute atomic E-state index is 9.13. The van der Waals surface area contributed by atoms with Crippen LogP contribution in [0.4, 0.5) is 0 Å². The Morgan fingerprint density at radius 1 is 1.06 bits per heavy atom. The highest BCUT2D eigenvalue weighted by atomic mass is 32.1. The van der Waals surface area contributed by atoms with Gasteiger partial charge in [0.05, 0.1) is 0 Å². The van der Waals surface area contributed by atoms with Crippen molar-refractivity contribution in [1.82, 2.24) is 0 Å². The van der Waals surface area contributed by atoms with Gasteiger partial charge in [0.2, 0.25) is 0 Å². The molecule has 0 radical (unpaired) electrons. The highest BCUT2D eigenvalue weighted by Gasteiger charge is 2.17.